The van der Waals surface area contributed by atoms with E-state index >= 15 is 0 Å². The fourth-order valence-electron chi connectivity index (χ4n) is 0.996. The molecule has 0 amide bonds. The largest absolute Gasteiger partial charge is 0.284 e. The summed E-state index contributed by atoms with van der Waals surface area (Å²) >= 11 is 0. The van der Waals surface area contributed by atoms with Crippen molar-refractivity contribution in [1.29, 1.82) is 0 Å². The van der Waals surface area contributed by atoms with Crippen LogP contribution in [0.5, 0.6) is 0 Å². The van der Waals surface area contributed by atoms with E-state index in [-0.39, 0.29) is 11.2 Å². The van der Waals surface area contributed by atoms with E-state index in [9.17, 15) is 4.79 Å². The van der Waals surface area contributed by atoms with Gasteiger partial charge in [0.05, 0.1) is 0 Å². The van der Waals surface area contributed by atoms with Crippen LogP contribution in [0.4, 0.5) is 0 Å². The van der Waals surface area contributed by atoms with Crippen LogP contribution in [0.2, 0.25) is 0 Å². The Morgan fingerprint density at radius 3 is 2.18 bits per heavy atom. The first-order valence-corrected chi connectivity index (χ1v) is 4.00. The van der Waals surface area contributed by atoms with Crippen LogP contribution < -0.4 is 0 Å². The molecule has 0 aliphatic heterocycles. The maximum absolute atomic E-state index is 11.3. The highest BCUT2D eigenvalue weighted by atomic mass is 16.1. The molecule has 1 heteroatoms. The summed E-state index contributed by atoms with van der Waals surface area (Å²) in [5.74, 6) is 2.44. The number of carbonyl (C=O) groups is 1. The minimum atomic E-state index is -0.325. The van der Waals surface area contributed by atoms with E-state index in [0.29, 0.717) is 5.92 Å². The van der Waals surface area contributed by atoms with E-state index in [4.69, 9.17) is 6.42 Å². The topological polar surface area (TPSA) is 17.1 Å². The van der Waals surface area contributed by atoms with Crippen molar-refractivity contribution >= 4 is 5.78 Å². The van der Waals surface area contributed by atoms with Crippen LogP contribution in [-0.4, -0.2) is 5.78 Å². The molecule has 11 heavy (non-hydrogen) atoms. The molecule has 1 unspecified atom stereocenters. The van der Waals surface area contributed by atoms with Crippen molar-refractivity contribution in [1.82, 2.24) is 0 Å². The number of ketones is 1. The molecular formula is C10H16O. The van der Waals surface area contributed by atoms with E-state index in [2.05, 4.69) is 5.92 Å². The molecule has 0 aromatic heterocycles. The van der Waals surface area contributed by atoms with Crippen LogP contribution in [0.25, 0.3) is 0 Å². The van der Waals surface area contributed by atoms with E-state index in [1.54, 1.807) is 0 Å². The van der Waals surface area contributed by atoms with Crippen molar-refractivity contribution in [2.75, 3.05) is 0 Å². The number of terminal acetylenes is 1. The summed E-state index contributed by atoms with van der Waals surface area (Å²) in [4.78, 5) is 11.3. The second-order valence-electron chi connectivity index (χ2n) is 3.40. The predicted octanol–water partition coefficient (Wildman–Crippen LogP) is 2.26. The second kappa shape index (κ2) is 3.57. The Morgan fingerprint density at radius 1 is 1.64 bits per heavy atom. The SMILES string of the molecule is C#CC(=O)C(C)(CC)C(C)C. The molecule has 0 aliphatic carbocycles. The van der Waals surface area contributed by atoms with Crippen LogP contribution in [0.3, 0.4) is 0 Å². The maximum Gasteiger partial charge on any atom is 0.211 e. The molecule has 0 radical (unpaired) electrons. The Hall–Kier alpha value is -0.770. The van der Waals surface area contributed by atoms with Crippen LogP contribution in [0, 0.1) is 23.7 Å². The average molecular weight is 152 g/mol. The van der Waals surface area contributed by atoms with Crippen molar-refractivity contribution in [2.24, 2.45) is 11.3 Å². The summed E-state index contributed by atoms with van der Waals surface area (Å²) in [7, 11) is 0. The van der Waals surface area contributed by atoms with Crippen LogP contribution in [0.15, 0.2) is 0 Å². The molecule has 62 valence electrons. The smallest absolute Gasteiger partial charge is 0.211 e. The average Bonchev–Trinajstić information content (AvgIpc) is 2.01. The molecule has 0 spiro atoms. The second-order valence-corrected chi connectivity index (χ2v) is 3.40. The summed E-state index contributed by atoms with van der Waals surface area (Å²) in [5.41, 5.74) is -0.325. The van der Waals surface area contributed by atoms with Crippen molar-refractivity contribution in [3.05, 3.63) is 0 Å². The number of Topliss-reactive ketones (excluding diaryl/α,β-unsaturated/α-hetero) is 1. The molecule has 0 saturated heterocycles. The van der Waals surface area contributed by atoms with Gasteiger partial charge < -0.3 is 0 Å². The lowest BCUT2D eigenvalue weighted by Crippen LogP contribution is -2.31. The van der Waals surface area contributed by atoms with Crippen LogP contribution in [0.1, 0.15) is 34.1 Å². The number of carbonyl (C=O) groups excluding carboxylic acids is 1. The van der Waals surface area contributed by atoms with Crippen molar-refractivity contribution in [3.8, 4) is 12.3 Å². The first-order chi connectivity index (χ1) is 4.99. The van der Waals surface area contributed by atoms with Gasteiger partial charge in [0, 0.05) is 5.41 Å². The quantitative estimate of drug-likeness (QED) is 0.448. The van der Waals surface area contributed by atoms with Gasteiger partial charge in [-0.25, -0.2) is 0 Å². The zero-order chi connectivity index (χ0) is 9.07. The summed E-state index contributed by atoms with van der Waals surface area (Å²) in [6.07, 6.45) is 5.89. The summed E-state index contributed by atoms with van der Waals surface area (Å²) < 4.78 is 0. The van der Waals surface area contributed by atoms with E-state index in [1.807, 2.05) is 27.7 Å². The third kappa shape index (κ3) is 1.83. The molecule has 0 fully saturated rings. The Labute approximate surface area is 69.2 Å². The van der Waals surface area contributed by atoms with E-state index in [1.165, 1.54) is 0 Å². The first kappa shape index (κ1) is 10.2. The van der Waals surface area contributed by atoms with Gasteiger partial charge in [0.1, 0.15) is 0 Å². The van der Waals surface area contributed by atoms with Gasteiger partial charge in [0.2, 0.25) is 5.78 Å². The number of hydrogen-bond donors (Lipinski definition) is 0. The lowest BCUT2D eigenvalue weighted by Gasteiger charge is -2.28. The molecule has 1 nitrogen and oxygen atoms in total. The molecule has 0 rings (SSSR count). The molecule has 1 atom stereocenters. The van der Waals surface area contributed by atoms with Crippen molar-refractivity contribution < 1.29 is 4.79 Å². The van der Waals surface area contributed by atoms with E-state index in [0.717, 1.165) is 6.42 Å². The van der Waals surface area contributed by atoms with Gasteiger partial charge in [-0.2, -0.15) is 0 Å². The molecule has 0 aromatic carbocycles. The molecule has 0 N–H and O–H groups in total. The van der Waals surface area contributed by atoms with Gasteiger partial charge in [-0.3, -0.25) is 4.79 Å². The lowest BCUT2D eigenvalue weighted by atomic mass is 9.74. The molecule has 0 bridgehead atoms. The van der Waals surface area contributed by atoms with E-state index < -0.39 is 0 Å². The third-order valence-corrected chi connectivity index (χ3v) is 2.66. The summed E-state index contributed by atoms with van der Waals surface area (Å²) in [6.45, 7) is 7.98. The predicted molar refractivity (Wildman–Crippen MR) is 47.1 cm³/mol. The van der Waals surface area contributed by atoms with Gasteiger partial charge in [-0.1, -0.05) is 27.7 Å². The zero-order valence-corrected chi connectivity index (χ0v) is 7.77. The van der Waals surface area contributed by atoms with Gasteiger partial charge in [-0.05, 0) is 18.3 Å². The molecule has 0 aliphatic rings. The highest BCUT2D eigenvalue weighted by Gasteiger charge is 2.32. The minimum absolute atomic E-state index is 0.0741. The molecule has 0 heterocycles. The third-order valence-electron chi connectivity index (χ3n) is 2.66. The Kier molecular flexibility index (Phi) is 3.32. The fourth-order valence-corrected chi connectivity index (χ4v) is 0.996. The minimum Gasteiger partial charge on any atom is -0.284 e. The molecular weight excluding hydrogens is 136 g/mol. The van der Waals surface area contributed by atoms with Crippen LogP contribution in [-0.2, 0) is 4.79 Å². The molecule has 0 saturated carbocycles. The Balaban J connectivity index is 4.63. The van der Waals surface area contributed by atoms with Gasteiger partial charge >= 0.3 is 0 Å². The highest BCUT2D eigenvalue weighted by molar-refractivity contribution is 5.99. The number of hydrogen-bond acceptors (Lipinski definition) is 1. The van der Waals surface area contributed by atoms with Crippen molar-refractivity contribution in [2.45, 2.75) is 34.1 Å². The Morgan fingerprint density at radius 2 is 2.09 bits per heavy atom. The zero-order valence-electron chi connectivity index (χ0n) is 7.77. The van der Waals surface area contributed by atoms with Crippen molar-refractivity contribution in [3.63, 3.8) is 0 Å². The fraction of sp³-hybridized carbons (Fsp3) is 0.700. The first-order valence-electron chi connectivity index (χ1n) is 4.00. The molecule has 0 aromatic rings. The van der Waals surface area contributed by atoms with Gasteiger partial charge in [0.25, 0.3) is 0 Å². The lowest BCUT2D eigenvalue weighted by molar-refractivity contribution is -0.124. The standard InChI is InChI=1S/C10H16O/c1-6-9(11)10(5,7-2)8(3)4/h1,8H,7H2,2-5H3. The monoisotopic (exact) mass is 152 g/mol. The van der Waals surface area contributed by atoms with Crippen LogP contribution >= 0.6 is 0 Å². The highest BCUT2D eigenvalue weighted by Crippen LogP contribution is 2.31. The summed E-state index contributed by atoms with van der Waals surface area (Å²) in [5, 5.41) is 0. The Bertz CT molecular complexity index is 186. The number of rotatable bonds is 3. The van der Waals surface area contributed by atoms with Gasteiger partial charge in [-0.15, -0.1) is 6.42 Å². The normalized spacial score (nSPS) is 15.6. The summed E-state index contributed by atoms with van der Waals surface area (Å²) in [6, 6.07) is 0. The van der Waals surface area contributed by atoms with Gasteiger partial charge in [0.15, 0.2) is 0 Å². The maximum atomic E-state index is 11.3.